The SMILES string of the molecule is CCC(N)(Cc1cc(Br)ccc1F)C(C)C. The first-order chi connectivity index (χ1) is 7.39. The minimum atomic E-state index is -0.332. The Kier molecular flexibility index (Phi) is 4.51. The van der Waals surface area contributed by atoms with Crippen LogP contribution in [0.5, 0.6) is 0 Å². The predicted octanol–water partition coefficient (Wildman–Crippen LogP) is 3.89. The lowest BCUT2D eigenvalue weighted by Gasteiger charge is -2.33. The Morgan fingerprint density at radius 1 is 1.44 bits per heavy atom. The lowest BCUT2D eigenvalue weighted by Crippen LogP contribution is -2.46. The molecular weight excluding hydrogens is 269 g/mol. The monoisotopic (exact) mass is 287 g/mol. The van der Waals surface area contributed by atoms with Gasteiger partial charge in [0, 0.05) is 10.0 Å². The number of nitrogens with two attached hydrogens (primary N) is 1. The van der Waals surface area contributed by atoms with Gasteiger partial charge in [-0.2, -0.15) is 0 Å². The molecule has 0 bridgehead atoms. The molecule has 0 aliphatic rings. The highest BCUT2D eigenvalue weighted by molar-refractivity contribution is 9.10. The average molecular weight is 288 g/mol. The van der Waals surface area contributed by atoms with Gasteiger partial charge in [0.2, 0.25) is 0 Å². The molecule has 0 aromatic heterocycles. The van der Waals surface area contributed by atoms with Gasteiger partial charge in [-0.05, 0) is 42.5 Å². The molecule has 0 amide bonds. The number of hydrogen-bond donors (Lipinski definition) is 1. The molecule has 90 valence electrons. The summed E-state index contributed by atoms with van der Waals surface area (Å²) in [6.07, 6.45) is 1.42. The zero-order chi connectivity index (χ0) is 12.3. The van der Waals surface area contributed by atoms with Crippen molar-refractivity contribution in [1.82, 2.24) is 0 Å². The van der Waals surface area contributed by atoms with E-state index in [2.05, 4.69) is 36.7 Å². The summed E-state index contributed by atoms with van der Waals surface area (Å²) in [5, 5.41) is 0. The van der Waals surface area contributed by atoms with Crippen LogP contribution in [0.15, 0.2) is 22.7 Å². The Morgan fingerprint density at radius 3 is 2.56 bits per heavy atom. The molecule has 0 fully saturated rings. The maximum atomic E-state index is 13.6. The van der Waals surface area contributed by atoms with E-state index in [4.69, 9.17) is 5.73 Å². The Morgan fingerprint density at radius 2 is 2.06 bits per heavy atom. The van der Waals surface area contributed by atoms with Crippen LogP contribution >= 0.6 is 15.9 Å². The van der Waals surface area contributed by atoms with E-state index in [0.717, 1.165) is 10.9 Å². The zero-order valence-corrected chi connectivity index (χ0v) is 11.6. The minimum absolute atomic E-state index is 0.174. The fourth-order valence-electron chi connectivity index (χ4n) is 1.77. The van der Waals surface area contributed by atoms with Crippen LogP contribution in [0.1, 0.15) is 32.8 Å². The van der Waals surface area contributed by atoms with E-state index in [1.807, 2.05) is 6.07 Å². The van der Waals surface area contributed by atoms with Gasteiger partial charge < -0.3 is 5.73 Å². The maximum Gasteiger partial charge on any atom is 0.126 e. The van der Waals surface area contributed by atoms with Crippen LogP contribution in [0.25, 0.3) is 0 Å². The summed E-state index contributed by atoms with van der Waals surface area (Å²) < 4.78 is 14.5. The highest BCUT2D eigenvalue weighted by Gasteiger charge is 2.28. The van der Waals surface area contributed by atoms with Crippen molar-refractivity contribution >= 4 is 15.9 Å². The lowest BCUT2D eigenvalue weighted by atomic mass is 9.79. The normalized spacial score (nSPS) is 15.2. The topological polar surface area (TPSA) is 26.0 Å². The van der Waals surface area contributed by atoms with Crippen molar-refractivity contribution in [2.24, 2.45) is 11.7 Å². The predicted molar refractivity (Wildman–Crippen MR) is 69.9 cm³/mol. The molecule has 1 rings (SSSR count). The number of hydrogen-bond acceptors (Lipinski definition) is 1. The minimum Gasteiger partial charge on any atom is -0.325 e. The van der Waals surface area contributed by atoms with Gasteiger partial charge in [-0.15, -0.1) is 0 Å². The molecule has 1 aromatic rings. The molecule has 2 N–H and O–H groups in total. The second-order valence-electron chi connectivity index (χ2n) is 4.65. The number of halogens is 2. The molecule has 0 saturated heterocycles. The molecular formula is C13H19BrFN. The largest absolute Gasteiger partial charge is 0.325 e. The Labute approximate surface area is 105 Å². The first-order valence-corrected chi connectivity index (χ1v) is 6.41. The van der Waals surface area contributed by atoms with E-state index in [9.17, 15) is 4.39 Å². The van der Waals surface area contributed by atoms with Crippen LogP contribution < -0.4 is 5.73 Å². The first kappa shape index (κ1) is 13.7. The van der Waals surface area contributed by atoms with E-state index in [0.29, 0.717) is 17.9 Å². The standard InChI is InChI=1S/C13H19BrFN/c1-4-13(16,9(2)3)8-10-7-11(14)5-6-12(10)15/h5-7,9H,4,8,16H2,1-3H3. The average Bonchev–Trinajstić information content (AvgIpc) is 2.23. The van der Waals surface area contributed by atoms with Crippen LogP contribution in [-0.2, 0) is 6.42 Å². The van der Waals surface area contributed by atoms with Crippen molar-refractivity contribution in [1.29, 1.82) is 0 Å². The van der Waals surface area contributed by atoms with Gasteiger partial charge in [0.05, 0.1) is 0 Å². The van der Waals surface area contributed by atoms with Crippen LogP contribution in [-0.4, -0.2) is 5.54 Å². The fourth-order valence-corrected chi connectivity index (χ4v) is 2.18. The zero-order valence-electron chi connectivity index (χ0n) is 10.1. The van der Waals surface area contributed by atoms with Crippen molar-refractivity contribution in [2.75, 3.05) is 0 Å². The smallest absolute Gasteiger partial charge is 0.126 e. The van der Waals surface area contributed by atoms with Crippen molar-refractivity contribution in [3.63, 3.8) is 0 Å². The van der Waals surface area contributed by atoms with Crippen LogP contribution in [0, 0.1) is 11.7 Å². The molecule has 1 aromatic carbocycles. The van der Waals surface area contributed by atoms with Crippen molar-refractivity contribution < 1.29 is 4.39 Å². The molecule has 0 spiro atoms. The quantitative estimate of drug-likeness (QED) is 0.893. The fraction of sp³-hybridized carbons (Fsp3) is 0.538. The molecule has 1 atom stereocenters. The molecule has 0 aliphatic heterocycles. The molecule has 0 aliphatic carbocycles. The number of rotatable bonds is 4. The molecule has 0 radical (unpaired) electrons. The van der Waals surface area contributed by atoms with Crippen LogP contribution in [0.3, 0.4) is 0 Å². The van der Waals surface area contributed by atoms with Crippen molar-refractivity contribution in [3.8, 4) is 0 Å². The van der Waals surface area contributed by atoms with Gasteiger partial charge in [-0.3, -0.25) is 0 Å². The van der Waals surface area contributed by atoms with Gasteiger partial charge >= 0.3 is 0 Å². The Bertz CT molecular complexity index is 365. The third-order valence-electron chi connectivity index (χ3n) is 3.34. The van der Waals surface area contributed by atoms with Gasteiger partial charge in [0.15, 0.2) is 0 Å². The third-order valence-corrected chi connectivity index (χ3v) is 3.83. The summed E-state index contributed by atoms with van der Waals surface area (Å²) in [7, 11) is 0. The summed E-state index contributed by atoms with van der Waals surface area (Å²) >= 11 is 3.36. The van der Waals surface area contributed by atoms with Crippen LogP contribution in [0.2, 0.25) is 0 Å². The molecule has 3 heteroatoms. The Hall–Kier alpha value is -0.410. The van der Waals surface area contributed by atoms with Gasteiger partial charge in [0.25, 0.3) is 0 Å². The third kappa shape index (κ3) is 3.05. The summed E-state index contributed by atoms with van der Waals surface area (Å²) in [5.41, 5.74) is 6.66. The maximum absolute atomic E-state index is 13.6. The van der Waals surface area contributed by atoms with Gasteiger partial charge in [0.1, 0.15) is 5.82 Å². The lowest BCUT2D eigenvalue weighted by molar-refractivity contribution is 0.293. The molecule has 0 saturated carbocycles. The molecule has 1 unspecified atom stereocenters. The summed E-state index contributed by atoms with van der Waals surface area (Å²) in [5.74, 6) is 0.156. The molecule has 1 nitrogen and oxygen atoms in total. The highest BCUT2D eigenvalue weighted by atomic mass is 79.9. The van der Waals surface area contributed by atoms with Crippen molar-refractivity contribution in [2.45, 2.75) is 39.2 Å². The second kappa shape index (κ2) is 5.28. The van der Waals surface area contributed by atoms with E-state index < -0.39 is 0 Å². The second-order valence-corrected chi connectivity index (χ2v) is 5.57. The van der Waals surface area contributed by atoms with E-state index in [-0.39, 0.29) is 11.4 Å². The highest BCUT2D eigenvalue weighted by Crippen LogP contribution is 2.26. The van der Waals surface area contributed by atoms with E-state index >= 15 is 0 Å². The van der Waals surface area contributed by atoms with Crippen LogP contribution in [0.4, 0.5) is 4.39 Å². The molecule has 0 heterocycles. The van der Waals surface area contributed by atoms with E-state index in [1.165, 1.54) is 6.07 Å². The summed E-state index contributed by atoms with van der Waals surface area (Å²) in [6, 6.07) is 5.00. The molecule has 16 heavy (non-hydrogen) atoms. The first-order valence-electron chi connectivity index (χ1n) is 5.62. The number of benzene rings is 1. The van der Waals surface area contributed by atoms with Gasteiger partial charge in [-0.1, -0.05) is 36.7 Å². The summed E-state index contributed by atoms with van der Waals surface area (Å²) in [6.45, 7) is 6.22. The Balaban J connectivity index is 2.98. The van der Waals surface area contributed by atoms with Crippen molar-refractivity contribution in [3.05, 3.63) is 34.1 Å². The van der Waals surface area contributed by atoms with Gasteiger partial charge in [-0.25, -0.2) is 4.39 Å². The summed E-state index contributed by atoms with van der Waals surface area (Å²) in [4.78, 5) is 0. The van der Waals surface area contributed by atoms with E-state index in [1.54, 1.807) is 6.07 Å².